The molecule has 2 N–H and O–H groups in total. The van der Waals surface area contributed by atoms with Gasteiger partial charge in [0.2, 0.25) is 11.8 Å². The van der Waals surface area contributed by atoms with E-state index in [9.17, 15) is 9.59 Å². The van der Waals surface area contributed by atoms with Crippen LogP contribution in [-0.2, 0) is 16.1 Å². The van der Waals surface area contributed by atoms with Gasteiger partial charge in [0.15, 0.2) is 0 Å². The van der Waals surface area contributed by atoms with Crippen LogP contribution in [0.2, 0.25) is 0 Å². The van der Waals surface area contributed by atoms with Crippen LogP contribution in [0.4, 0.5) is 11.4 Å². The van der Waals surface area contributed by atoms with Gasteiger partial charge in [0.25, 0.3) is 0 Å². The number of hydrogen-bond donors (Lipinski definition) is 2. The molecule has 1 aliphatic carbocycles. The number of furan rings is 1. The monoisotopic (exact) mass is 341 g/mol. The summed E-state index contributed by atoms with van der Waals surface area (Å²) in [5, 5.41) is 5.87. The number of nitrogens with zero attached hydrogens (tertiary/aromatic N) is 1. The highest BCUT2D eigenvalue weighted by Crippen LogP contribution is 2.29. The van der Waals surface area contributed by atoms with Gasteiger partial charge < -0.3 is 20.0 Å². The summed E-state index contributed by atoms with van der Waals surface area (Å²) in [4.78, 5) is 25.6. The smallest absolute Gasteiger partial charge is 0.242 e. The molecular formula is C19H23N3O3. The predicted octanol–water partition coefficient (Wildman–Crippen LogP) is 3.15. The first-order chi connectivity index (χ1) is 12.0. The number of hydrogen-bond acceptors (Lipinski definition) is 4. The molecule has 1 aromatic carbocycles. The molecule has 6 heteroatoms. The van der Waals surface area contributed by atoms with E-state index in [2.05, 4.69) is 10.6 Å². The first-order valence-electron chi connectivity index (χ1n) is 8.47. The largest absolute Gasteiger partial charge is 0.464 e. The van der Waals surface area contributed by atoms with Crippen LogP contribution in [-0.4, -0.2) is 29.3 Å². The fourth-order valence-electron chi connectivity index (χ4n) is 2.73. The first-order valence-corrected chi connectivity index (χ1v) is 8.47. The Balaban J connectivity index is 1.59. The molecule has 1 aromatic heterocycles. The molecule has 0 atom stereocenters. The molecule has 25 heavy (non-hydrogen) atoms. The van der Waals surface area contributed by atoms with E-state index in [-0.39, 0.29) is 18.4 Å². The lowest BCUT2D eigenvalue weighted by Crippen LogP contribution is -2.36. The summed E-state index contributed by atoms with van der Waals surface area (Å²) in [5.41, 5.74) is 1.50. The van der Waals surface area contributed by atoms with Crippen LogP contribution in [0.5, 0.6) is 0 Å². The zero-order valence-electron chi connectivity index (χ0n) is 14.5. The van der Waals surface area contributed by atoms with Gasteiger partial charge in [-0.3, -0.25) is 9.59 Å². The summed E-state index contributed by atoms with van der Waals surface area (Å²) >= 11 is 0. The molecule has 1 saturated carbocycles. The van der Waals surface area contributed by atoms with Gasteiger partial charge in [0.05, 0.1) is 13.1 Å². The van der Waals surface area contributed by atoms with E-state index < -0.39 is 0 Å². The quantitative estimate of drug-likeness (QED) is 0.811. The minimum absolute atomic E-state index is 0.0430. The molecule has 0 bridgehead atoms. The van der Waals surface area contributed by atoms with Crippen molar-refractivity contribution in [2.75, 3.05) is 17.2 Å². The Morgan fingerprint density at radius 1 is 1.20 bits per heavy atom. The second-order valence-corrected chi connectivity index (χ2v) is 6.38. The van der Waals surface area contributed by atoms with E-state index in [1.54, 1.807) is 0 Å². The van der Waals surface area contributed by atoms with Gasteiger partial charge in [-0.1, -0.05) is 6.07 Å². The van der Waals surface area contributed by atoms with E-state index in [4.69, 9.17) is 4.42 Å². The fourth-order valence-corrected chi connectivity index (χ4v) is 2.73. The van der Waals surface area contributed by atoms with Crippen molar-refractivity contribution in [1.29, 1.82) is 0 Å². The normalized spacial score (nSPS) is 13.4. The summed E-state index contributed by atoms with van der Waals surface area (Å²) in [6, 6.07) is 11.5. The number of benzene rings is 1. The number of anilines is 2. The second-order valence-electron chi connectivity index (χ2n) is 6.38. The van der Waals surface area contributed by atoms with Crippen molar-refractivity contribution in [3.05, 3.63) is 47.9 Å². The Kier molecular flexibility index (Phi) is 5.07. The van der Waals surface area contributed by atoms with Crippen molar-refractivity contribution in [1.82, 2.24) is 4.90 Å². The molecule has 2 aromatic rings. The molecule has 0 radical (unpaired) electrons. The van der Waals surface area contributed by atoms with Crippen LogP contribution >= 0.6 is 0 Å². The average Bonchev–Trinajstić information content (AvgIpc) is 3.32. The molecule has 0 aliphatic heterocycles. The van der Waals surface area contributed by atoms with Crippen LogP contribution in [0, 0.1) is 6.92 Å². The summed E-state index contributed by atoms with van der Waals surface area (Å²) < 4.78 is 5.60. The Morgan fingerprint density at radius 2 is 1.96 bits per heavy atom. The molecule has 132 valence electrons. The van der Waals surface area contributed by atoms with Crippen molar-refractivity contribution < 1.29 is 14.0 Å². The molecule has 6 nitrogen and oxygen atoms in total. The minimum Gasteiger partial charge on any atom is -0.464 e. The third-order valence-corrected chi connectivity index (χ3v) is 4.06. The molecule has 0 spiro atoms. The van der Waals surface area contributed by atoms with Crippen LogP contribution in [0.15, 0.2) is 40.8 Å². The molecule has 3 rings (SSSR count). The van der Waals surface area contributed by atoms with Gasteiger partial charge in [-0.15, -0.1) is 0 Å². The zero-order valence-corrected chi connectivity index (χ0v) is 14.5. The molecule has 0 unspecified atom stereocenters. The van der Waals surface area contributed by atoms with Crippen molar-refractivity contribution in [2.45, 2.75) is 39.3 Å². The highest BCUT2D eigenvalue weighted by atomic mass is 16.3. The highest BCUT2D eigenvalue weighted by Gasteiger charge is 2.32. The minimum atomic E-state index is -0.123. The van der Waals surface area contributed by atoms with Crippen molar-refractivity contribution in [2.24, 2.45) is 0 Å². The van der Waals surface area contributed by atoms with Crippen LogP contribution in [0.3, 0.4) is 0 Å². The maximum Gasteiger partial charge on any atom is 0.242 e. The summed E-state index contributed by atoms with van der Waals surface area (Å²) in [6.07, 6.45) is 2.09. The predicted molar refractivity (Wildman–Crippen MR) is 96.3 cm³/mol. The molecule has 1 aliphatic rings. The Hall–Kier alpha value is -2.76. The highest BCUT2D eigenvalue weighted by molar-refractivity contribution is 5.89. The van der Waals surface area contributed by atoms with E-state index in [0.717, 1.165) is 30.0 Å². The molecule has 2 amide bonds. The van der Waals surface area contributed by atoms with Crippen LogP contribution < -0.4 is 10.6 Å². The summed E-state index contributed by atoms with van der Waals surface area (Å²) in [6.45, 7) is 4.08. The Labute approximate surface area is 147 Å². The number of rotatable bonds is 7. The number of amides is 2. The lowest BCUT2D eigenvalue weighted by Gasteiger charge is -2.22. The van der Waals surface area contributed by atoms with Crippen LogP contribution in [0.1, 0.15) is 31.3 Å². The third kappa shape index (κ3) is 4.86. The number of carbonyl (C=O) groups is 2. The van der Waals surface area contributed by atoms with Gasteiger partial charge in [-0.25, -0.2) is 0 Å². The Morgan fingerprint density at radius 3 is 2.60 bits per heavy atom. The van der Waals surface area contributed by atoms with E-state index in [1.807, 2.05) is 48.2 Å². The average molecular weight is 341 g/mol. The molecule has 0 saturated heterocycles. The third-order valence-electron chi connectivity index (χ3n) is 4.06. The van der Waals surface area contributed by atoms with Crippen molar-refractivity contribution in [3.8, 4) is 0 Å². The van der Waals surface area contributed by atoms with Gasteiger partial charge in [-0.2, -0.15) is 0 Å². The van der Waals surface area contributed by atoms with Crippen molar-refractivity contribution >= 4 is 23.2 Å². The molecule has 1 heterocycles. The summed E-state index contributed by atoms with van der Waals surface area (Å²) in [5.74, 6) is 1.58. The van der Waals surface area contributed by atoms with Crippen LogP contribution in [0.25, 0.3) is 0 Å². The van der Waals surface area contributed by atoms with Gasteiger partial charge >= 0.3 is 0 Å². The SMILES string of the molecule is CC(=O)Nc1cccc(NCC(=O)N(Cc2ccc(C)o2)C2CC2)c1. The maximum atomic E-state index is 12.6. The second kappa shape index (κ2) is 7.42. The fraction of sp³-hybridized carbons (Fsp3) is 0.368. The molecular weight excluding hydrogens is 318 g/mol. The summed E-state index contributed by atoms with van der Waals surface area (Å²) in [7, 11) is 0. The van der Waals surface area contributed by atoms with Gasteiger partial charge in [-0.05, 0) is 50.1 Å². The van der Waals surface area contributed by atoms with Crippen molar-refractivity contribution in [3.63, 3.8) is 0 Å². The van der Waals surface area contributed by atoms with Gasteiger partial charge in [0, 0.05) is 24.3 Å². The number of carbonyl (C=O) groups excluding carboxylic acids is 2. The standard InChI is InChI=1S/C19H23N3O3/c1-13-6-9-18(25-13)12-22(17-7-8-17)19(24)11-20-15-4-3-5-16(10-15)21-14(2)23/h3-6,9-10,17,20H,7-8,11-12H2,1-2H3,(H,21,23). The first kappa shape index (κ1) is 17.1. The number of aryl methyl sites for hydroxylation is 1. The van der Waals surface area contributed by atoms with Gasteiger partial charge in [0.1, 0.15) is 11.5 Å². The number of nitrogens with one attached hydrogen (secondary N) is 2. The molecule has 1 fully saturated rings. The van der Waals surface area contributed by atoms with E-state index in [0.29, 0.717) is 18.3 Å². The lowest BCUT2D eigenvalue weighted by atomic mass is 10.2. The lowest BCUT2D eigenvalue weighted by molar-refractivity contribution is -0.130. The Bertz CT molecular complexity index is 765. The van der Waals surface area contributed by atoms with E-state index in [1.165, 1.54) is 6.92 Å². The topological polar surface area (TPSA) is 74.6 Å². The van der Waals surface area contributed by atoms with E-state index >= 15 is 0 Å². The zero-order chi connectivity index (χ0) is 17.8. The maximum absolute atomic E-state index is 12.6.